The van der Waals surface area contributed by atoms with Crippen molar-refractivity contribution in [2.75, 3.05) is 50.0 Å². The topological polar surface area (TPSA) is 115 Å². The molecule has 0 spiro atoms. The van der Waals surface area contributed by atoms with Crippen molar-refractivity contribution >= 4 is 23.3 Å². The van der Waals surface area contributed by atoms with Gasteiger partial charge in [0, 0.05) is 63.0 Å². The number of pyridine rings is 1. The molecule has 0 bridgehead atoms. The van der Waals surface area contributed by atoms with Crippen LogP contribution < -0.4 is 10.6 Å². The zero-order valence-corrected chi connectivity index (χ0v) is 20.9. The molecule has 0 aliphatic carbocycles. The molecule has 1 aliphatic rings. The molecule has 190 valence electrons. The van der Waals surface area contributed by atoms with E-state index in [-0.39, 0.29) is 6.61 Å². The van der Waals surface area contributed by atoms with Gasteiger partial charge in [-0.2, -0.15) is 4.98 Å². The van der Waals surface area contributed by atoms with Crippen molar-refractivity contribution < 1.29 is 5.11 Å². The summed E-state index contributed by atoms with van der Waals surface area (Å²) in [5.74, 6) is 2.29. The fourth-order valence-corrected chi connectivity index (χ4v) is 4.23. The van der Waals surface area contributed by atoms with Crippen LogP contribution in [0.25, 0.3) is 11.5 Å². The van der Waals surface area contributed by atoms with Crippen LogP contribution in [0.2, 0.25) is 0 Å². The number of benzene rings is 1. The Morgan fingerprint density at radius 3 is 2.27 bits per heavy atom. The molecule has 0 amide bonds. The molecule has 1 aromatic carbocycles. The number of aromatic nitrogens is 5. The van der Waals surface area contributed by atoms with Gasteiger partial charge in [-0.3, -0.25) is 9.80 Å². The number of β-amino-alcohol motifs (C(OH)–C–C–N with tert-alkyl or cyclic N) is 1. The normalized spacial score (nSPS) is 14.4. The van der Waals surface area contributed by atoms with Crippen LogP contribution in [0.3, 0.4) is 0 Å². The van der Waals surface area contributed by atoms with Crippen molar-refractivity contribution in [2.45, 2.75) is 13.5 Å². The van der Waals surface area contributed by atoms with E-state index < -0.39 is 0 Å². The molecule has 4 aromatic rings. The van der Waals surface area contributed by atoms with Crippen LogP contribution in [-0.2, 0) is 6.54 Å². The Morgan fingerprint density at radius 2 is 1.51 bits per heavy atom. The zero-order chi connectivity index (χ0) is 25.5. The number of hydrogen-bond acceptors (Lipinski definition) is 10. The van der Waals surface area contributed by atoms with Crippen LogP contribution in [0.1, 0.15) is 11.3 Å². The third kappa shape index (κ3) is 6.82. The fraction of sp³-hybridized carbons (Fsp3) is 0.296. The average Bonchev–Trinajstić information content (AvgIpc) is 2.91. The van der Waals surface area contributed by atoms with E-state index in [1.54, 1.807) is 24.5 Å². The second kappa shape index (κ2) is 11.8. The standard InChI is InChI=1S/C27H31N9O/c1-20-3-2-4-23(30-20)26-28-11-9-24(33-26)32-25-10-12-29-27(34-25)31-22-7-5-21(6-8-22)19-36-15-13-35(14-16-36)17-18-37/h2-12,37H,13-19H2,1H3,(H2,28,29,31,32,33,34). The van der Waals surface area contributed by atoms with Crippen LogP contribution in [0, 0.1) is 6.92 Å². The van der Waals surface area contributed by atoms with Gasteiger partial charge in [0.15, 0.2) is 5.82 Å². The molecule has 37 heavy (non-hydrogen) atoms. The van der Waals surface area contributed by atoms with E-state index >= 15 is 0 Å². The number of piperazine rings is 1. The van der Waals surface area contributed by atoms with E-state index in [2.05, 4.69) is 57.5 Å². The van der Waals surface area contributed by atoms with Gasteiger partial charge < -0.3 is 15.7 Å². The number of hydrogen-bond donors (Lipinski definition) is 3. The smallest absolute Gasteiger partial charge is 0.229 e. The molecule has 5 rings (SSSR count). The van der Waals surface area contributed by atoms with Crippen LogP contribution in [0.4, 0.5) is 23.3 Å². The first-order valence-corrected chi connectivity index (χ1v) is 12.4. The summed E-state index contributed by atoms with van der Waals surface area (Å²) in [6.07, 6.45) is 3.40. The van der Waals surface area contributed by atoms with E-state index in [0.717, 1.165) is 56.3 Å². The number of aliphatic hydroxyl groups is 1. The monoisotopic (exact) mass is 497 g/mol. The molecular formula is C27H31N9O. The summed E-state index contributed by atoms with van der Waals surface area (Å²) in [5.41, 5.74) is 3.82. The van der Waals surface area contributed by atoms with Gasteiger partial charge in [0.05, 0.1) is 6.61 Å². The van der Waals surface area contributed by atoms with Crippen molar-refractivity contribution in [3.63, 3.8) is 0 Å². The fourth-order valence-electron chi connectivity index (χ4n) is 4.23. The largest absolute Gasteiger partial charge is 0.395 e. The minimum absolute atomic E-state index is 0.227. The molecular weight excluding hydrogens is 466 g/mol. The lowest BCUT2D eigenvalue weighted by Crippen LogP contribution is -2.46. The summed E-state index contributed by atoms with van der Waals surface area (Å²) < 4.78 is 0. The molecule has 10 heteroatoms. The second-order valence-electron chi connectivity index (χ2n) is 8.98. The van der Waals surface area contributed by atoms with Gasteiger partial charge in [-0.05, 0) is 48.9 Å². The Bertz CT molecular complexity index is 1310. The van der Waals surface area contributed by atoms with Gasteiger partial charge in [0.25, 0.3) is 0 Å². The number of aryl methyl sites for hydroxylation is 1. The summed E-state index contributed by atoms with van der Waals surface area (Å²) in [7, 11) is 0. The maximum absolute atomic E-state index is 9.11. The van der Waals surface area contributed by atoms with Crippen molar-refractivity contribution in [3.8, 4) is 11.5 Å². The molecule has 0 unspecified atom stereocenters. The average molecular weight is 498 g/mol. The quantitative estimate of drug-likeness (QED) is 0.318. The van der Waals surface area contributed by atoms with Crippen molar-refractivity contribution in [1.29, 1.82) is 0 Å². The molecule has 0 atom stereocenters. The van der Waals surface area contributed by atoms with E-state index in [0.29, 0.717) is 23.4 Å². The maximum atomic E-state index is 9.11. The predicted octanol–water partition coefficient (Wildman–Crippen LogP) is 3.23. The third-order valence-corrected chi connectivity index (χ3v) is 6.18. The minimum Gasteiger partial charge on any atom is -0.395 e. The highest BCUT2D eigenvalue weighted by Crippen LogP contribution is 2.20. The maximum Gasteiger partial charge on any atom is 0.229 e. The first-order valence-electron chi connectivity index (χ1n) is 12.4. The van der Waals surface area contributed by atoms with Gasteiger partial charge in [0.2, 0.25) is 5.95 Å². The van der Waals surface area contributed by atoms with Gasteiger partial charge in [-0.1, -0.05) is 18.2 Å². The van der Waals surface area contributed by atoms with E-state index in [1.165, 1.54) is 5.56 Å². The molecule has 4 heterocycles. The number of nitrogens with zero attached hydrogens (tertiary/aromatic N) is 7. The summed E-state index contributed by atoms with van der Waals surface area (Å²) in [6.45, 7) is 7.88. The number of nitrogens with one attached hydrogen (secondary N) is 2. The Balaban J connectivity index is 1.18. The lowest BCUT2D eigenvalue weighted by atomic mass is 10.2. The molecule has 3 aromatic heterocycles. The highest BCUT2D eigenvalue weighted by atomic mass is 16.3. The van der Waals surface area contributed by atoms with Gasteiger partial charge >= 0.3 is 0 Å². The Kier molecular flexibility index (Phi) is 7.90. The van der Waals surface area contributed by atoms with Crippen molar-refractivity contribution in [3.05, 3.63) is 78.2 Å². The molecule has 1 saturated heterocycles. The first kappa shape index (κ1) is 24.7. The summed E-state index contributed by atoms with van der Waals surface area (Å²) >= 11 is 0. The summed E-state index contributed by atoms with van der Waals surface area (Å²) in [5, 5.41) is 15.6. The molecule has 10 nitrogen and oxygen atoms in total. The first-order chi connectivity index (χ1) is 18.1. The Labute approximate surface area is 216 Å². The highest BCUT2D eigenvalue weighted by molar-refractivity contribution is 5.59. The van der Waals surface area contributed by atoms with Crippen LogP contribution in [0.15, 0.2) is 67.0 Å². The Hall–Kier alpha value is -3.99. The van der Waals surface area contributed by atoms with Crippen LogP contribution in [-0.4, -0.2) is 79.2 Å². The van der Waals surface area contributed by atoms with E-state index in [9.17, 15) is 0 Å². The van der Waals surface area contributed by atoms with Crippen LogP contribution in [0.5, 0.6) is 0 Å². The van der Waals surface area contributed by atoms with Crippen LogP contribution >= 0.6 is 0 Å². The van der Waals surface area contributed by atoms with E-state index in [4.69, 9.17) is 5.11 Å². The zero-order valence-electron chi connectivity index (χ0n) is 20.9. The van der Waals surface area contributed by atoms with Crippen molar-refractivity contribution in [2.24, 2.45) is 0 Å². The lowest BCUT2D eigenvalue weighted by molar-refractivity contribution is 0.108. The number of anilines is 4. The van der Waals surface area contributed by atoms with E-state index in [1.807, 2.05) is 37.3 Å². The molecule has 0 radical (unpaired) electrons. The SMILES string of the molecule is Cc1cccc(-c2nccc(Nc3ccnc(Nc4ccc(CN5CCN(CCO)CC5)cc4)n3)n2)n1. The number of aliphatic hydroxyl groups excluding tert-OH is 1. The lowest BCUT2D eigenvalue weighted by Gasteiger charge is -2.34. The van der Waals surface area contributed by atoms with Gasteiger partial charge in [-0.25, -0.2) is 19.9 Å². The predicted molar refractivity (Wildman–Crippen MR) is 144 cm³/mol. The van der Waals surface area contributed by atoms with Gasteiger partial charge in [0.1, 0.15) is 17.3 Å². The molecule has 1 fully saturated rings. The highest BCUT2D eigenvalue weighted by Gasteiger charge is 2.16. The minimum atomic E-state index is 0.227. The third-order valence-electron chi connectivity index (χ3n) is 6.18. The molecule has 3 N–H and O–H groups in total. The van der Waals surface area contributed by atoms with Crippen molar-refractivity contribution in [1.82, 2.24) is 34.7 Å². The van der Waals surface area contributed by atoms with Gasteiger partial charge in [-0.15, -0.1) is 0 Å². The molecule has 1 aliphatic heterocycles. The molecule has 0 saturated carbocycles. The second-order valence-corrected chi connectivity index (χ2v) is 8.98. The summed E-state index contributed by atoms with van der Waals surface area (Å²) in [4.78, 5) is 27.1. The number of rotatable bonds is 9. The summed E-state index contributed by atoms with van der Waals surface area (Å²) in [6, 6.07) is 17.7. The Morgan fingerprint density at radius 1 is 0.784 bits per heavy atom.